The number of aromatic amines is 2. The van der Waals surface area contributed by atoms with Crippen molar-refractivity contribution < 1.29 is 17.2 Å². The molecule has 0 bridgehead atoms. The summed E-state index contributed by atoms with van der Waals surface area (Å²) in [6, 6.07) is 2.33. The van der Waals surface area contributed by atoms with E-state index < -0.39 is 37.8 Å². The van der Waals surface area contributed by atoms with Gasteiger partial charge in [-0.3, -0.25) is 14.5 Å². The average Bonchev–Trinajstić information content (AvgIpc) is 2.33. The molecule has 0 unspecified atom stereocenters. The van der Waals surface area contributed by atoms with Crippen molar-refractivity contribution in [3.63, 3.8) is 0 Å². The second kappa shape index (κ2) is 4.89. The van der Waals surface area contributed by atoms with E-state index in [4.69, 9.17) is 0 Å². The first kappa shape index (κ1) is 13.9. The van der Waals surface area contributed by atoms with Gasteiger partial charge in [-0.2, -0.15) is 0 Å². The van der Waals surface area contributed by atoms with Gasteiger partial charge in [0.05, 0.1) is 5.69 Å². The van der Waals surface area contributed by atoms with Crippen molar-refractivity contribution in [2.24, 2.45) is 0 Å². The number of anilines is 1. The molecule has 10 heteroatoms. The molecule has 0 aliphatic carbocycles. The molecule has 0 saturated heterocycles. The van der Waals surface area contributed by atoms with E-state index in [9.17, 15) is 26.8 Å². The lowest BCUT2D eigenvalue weighted by Crippen LogP contribution is -2.29. The van der Waals surface area contributed by atoms with E-state index in [0.29, 0.717) is 12.3 Å². The third-order valence-electron chi connectivity index (χ3n) is 2.25. The number of hydrogen-bond donors (Lipinski definition) is 3. The monoisotopic (exact) mass is 303 g/mol. The molecule has 0 amide bonds. The molecule has 0 aliphatic rings. The molecule has 1 heterocycles. The Hall–Kier alpha value is -2.49. The summed E-state index contributed by atoms with van der Waals surface area (Å²) >= 11 is 0. The number of hydrogen-bond acceptors (Lipinski definition) is 4. The molecule has 106 valence electrons. The Labute approximate surface area is 110 Å². The number of sulfonamides is 1. The molecular weight excluding hydrogens is 296 g/mol. The highest BCUT2D eigenvalue weighted by molar-refractivity contribution is 7.92. The summed E-state index contributed by atoms with van der Waals surface area (Å²) in [4.78, 5) is 25.1. The molecule has 2 rings (SSSR count). The van der Waals surface area contributed by atoms with Crippen LogP contribution in [-0.4, -0.2) is 18.4 Å². The Morgan fingerprint density at radius 2 is 1.80 bits per heavy atom. The van der Waals surface area contributed by atoms with Gasteiger partial charge in [-0.05, 0) is 12.1 Å². The largest absolute Gasteiger partial charge is 0.325 e. The molecule has 0 fully saturated rings. The fourth-order valence-corrected chi connectivity index (χ4v) is 2.42. The lowest BCUT2D eigenvalue weighted by Gasteiger charge is -2.07. The van der Waals surface area contributed by atoms with Crippen molar-refractivity contribution in [3.05, 3.63) is 56.9 Å². The summed E-state index contributed by atoms with van der Waals surface area (Å²) in [5, 5.41) is 0. The van der Waals surface area contributed by atoms with Crippen LogP contribution in [0.4, 0.5) is 14.5 Å². The fourth-order valence-electron chi connectivity index (χ4n) is 1.37. The normalized spacial score (nSPS) is 11.3. The van der Waals surface area contributed by atoms with E-state index in [-0.39, 0.29) is 5.69 Å². The zero-order valence-electron chi connectivity index (χ0n) is 9.61. The van der Waals surface area contributed by atoms with Crippen LogP contribution < -0.4 is 16.0 Å². The molecule has 0 saturated carbocycles. The first-order valence-electron chi connectivity index (χ1n) is 5.09. The predicted octanol–water partition coefficient (Wildman–Crippen LogP) is 0.142. The van der Waals surface area contributed by atoms with Crippen LogP contribution >= 0.6 is 0 Å². The molecule has 3 N–H and O–H groups in total. The van der Waals surface area contributed by atoms with Crippen LogP contribution in [0.1, 0.15) is 0 Å². The highest BCUT2D eigenvalue weighted by Gasteiger charge is 2.19. The van der Waals surface area contributed by atoms with Crippen molar-refractivity contribution in [2.45, 2.75) is 4.90 Å². The Kier molecular flexibility index (Phi) is 3.40. The van der Waals surface area contributed by atoms with Crippen LogP contribution in [0.15, 0.2) is 38.9 Å². The van der Waals surface area contributed by atoms with E-state index >= 15 is 0 Å². The lowest BCUT2D eigenvalue weighted by molar-refractivity contribution is 0.509. The molecule has 20 heavy (non-hydrogen) atoms. The first-order valence-corrected chi connectivity index (χ1v) is 6.58. The zero-order chi connectivity index (χ0) is 14.9. The number of rotatable bonds is 3. The molecule has 0 radical (unpaired) electrons. The van der Waals surface area contributed by atoms with E-state index in [1.165, 1.54) is 0 Å². The van der Waals surface area contributed by atoms with Crippen LogP contribution in [0.2, 0.25) is 0 Å². The molecule has 1 aromatic heterocycles. The molecule has 0 aliphatic heterocycles. The van der Waals surface area contributed by atoms with Gasteiger partial charge >= 0.3 is 5.69 Å². The van der Waals surface area contributed by atoms with Gasteiger partial charge in [-0.25, -0.2) is 22.0 Å². The maximum atomic E-state index is 13.0. The summed E-state index contributed by atoms with van der Waals surface area (Å²) in [6.07, 6.45) is 0.698. The minimum absolute atomic E-state index is 0.269. The summed E-state index contributed by atoms with van der Waals surface area (Å²) < 4.78 is 51.3. The van der Waals surface area contributed by atoms with Crippen molar-refractivity contribution in [2.75, 3.05) is 4.72 Å². The van der Waals surface area contributed by atoms with Gasteiger partial charge < -0.3 is 4.98 Å². The quantitative estimate of drug-likeness (QED) is 0.748. The Morgan fingerprint density at radius 3 is 2.40 bits per heavy atom. The van der Waals surface area contributed by atoms with Gasteiger partial charge in [0, 0.05) is 12.3 Å². The fraction of sp³-hybridized carbons (Fsp3) is 0. The lowest BCUT2D eigenvalue weighted by atomic mass is 10.3. The van der Waals surface area contributed by atoms with E-state index in [1.807, 2.05) is 9.71 Å². The molecule has 0 atom stereocenters. The number of benzene rings is 1. The molecule has 0 spiro atoms. The van der Waals surface area contributed by atoms with Crippen molar-refractivity contribution in [1.29, 1.82) is 0 Å². The number of H-pyrrole nitrogens is 2. The Balaban J connectivity index is 2.43. The third-order valence-corrected chi connectivity index (χ3v) is 3.63. The number of nitrogens with one attached hydrogen (secondary N) is 3. The van der Waals surface area contributed by atoms with Gasteiger partial charge in [-0.1, -0.05) is 0 Å². The maximum Gasteiger partial charge on any atom is 0.325 e. The number of halogens is 2. The standard InChI is InChI=1S/C10H7F2N3O4S/c11-6-2-1-5(3-7(6)12)15-20(18,19)8-4-13-10(17)14-9(8)16/h1-4,15H,(H2,13,14,16,17). The van der Waals surface area contributed by atoms with Gasteiger partial charge in [0.15, 0.2) is 16.5 Å². The van der Waals surface area contributed by atoms with Gasteiger partial charge in [0.2, 0.25) is 0 Å². The van der Waals surface area contributed by atoms with Gasteiger partial charge in [0.1, 0.15) is 0 Å². The second-order valence-electron chi connectivity index (χ2n) is 3.67. The average molecular weight is 303 g/mol. The van der Waals surface area contributed by atoms with Crippen LogP contribution in [0.3, 0.4) is 0 Å². The second-order valence-corrected chi connectivity index (χ2v) is 5.32. The zero-order valence-corrected chi connectivity index (χ0v) is 10.4. The van der Waals surface area contributed by atoms with E-state index in [0.717, 1.165) is 12.1 Å². The summed E-state index contributed by atoms with van der Waals surface area (Å²) in [5.74, 6) is -2.39. The molecular formula is C10H7F2N3O4S. The first-order chi connectivity index (χ1) is 9.29. The van der Waals surface area contributed by atoms with E-state index in [2.05, 4.69) is 0 Å². The van der Waals surface area contributed by atoms with Crippen molar-refractivity contribution >= 4 is 15.7 Å². The third kappa shape index (κ3) is 2.74. The summed E-state index contributed by atoms with van der Waals surface area (Å²) in [6.45, 7) is 0. The van der Waals surface area contributed by atoms with Crippen LogP contribution in [0, 0.1) is 11.6 Å². The van der Waals surface area contributed by atoms with Gasteiger partial charge in [0.25, 0.3) is 15.6 Å². The van der Waals surface area contributed by atoms with Gasteiger partial charge in [-0.15, -0.1) is 0 Å². The van der Waals surface area contributed by atoms with E-state index in [1.54, 1.807) is 4.98 Å². The Morgan fingerprint density at radius 1 is 1.10 bits per heavy atom. The number of aromatic nitrogens is 2. The minimum atomic E-state index is -4.34. The van der Waals surface area contributed by atoms with Crippen LogP contribution in [0.5, 0.6) is 0 Å². The minimum Gasteiger partial charge on any atom is -0.313 e. The maximum absolute atomic E-state index is 13.0. The van der Waals surface area contributed by atoms with Crippen molar-refractivity contribution in [3.8, 4) is 0 Å². The summed E-state index contributed by atoms with van der Waals surface area (Å²) in [7, 11) is -4.34. The smallest absolute Gasteiger partial charge is 0.313 e. The topological polar surface area (TPSA) is 112 Å². The molecule has 7 nitrogen and oxygen atoms in total. The molecule has 2 aromatic rings. The SMILES string of the molecule is O=c1[nH]cc(S(=O)(=O)Nc2ccc(F)c(F)c2)c(=O)[nH]1. The highest BCUT2D eigenvalue weighted by Crippen LogP contribution is 2.16. The van der Waals surface area contributed by atoms with Crippen LogP contribution in [-0.2, 0) is 10.0 Å². The highest BCUT2D eigenvalue weighted by atomic mass is 32.2. The summed E-state index contributed by atoms with van der Waals surface area (Å²) in [5.41, 5.74) is -2.28. The van der Waals surface area contributed by atoms with Crippen molar-refractivity contribution in [1.82, 2.24) is 9.97 Å². The predicted molar refractivity (Wildman–Crippen MR) is 64.8 cm³/mol. The van der Waals surface area contributed by atoms with Crippen LogP contribution in [0.25, 0.3) is 0 Å². The molecule has 1 aromatic carbocycles. The Bertz CT molecular complexity index is 873.